The van der Waals surface area contributed by atoms with Crippen LogP contribution in [-0.4, -0.2) is 23.7 Å². The SMILES string of the molecule is O=C([O-])c1ccc(NC(=O)c2cccc(N3C(=O)[C@H]4CCCC[C@@H]4C3=O)c2)cc1. The molecule has 1 saturated heterocycles. The summed E-state index contributed by atoms with van der Waals surface area (Å²) in [7, 11) is 0. The van der Waals surface area contributed by atoms with Crippen LogP contribution in [0.4, 0.5) is 11.4 Å². The van der Waals surface area contributed by atoms with Gasteiger partial charge in [-0.05, 0) is 48.7 Å². The second-order valence-corrected chi connectivity index (χ2v) is 7.38. The van der Waals surface area contributed by atoms with Crippen LogP contribution in [0.3, 0.4) is 0 Å². The first kappa shape index (κ1) is 18.9. The van der Waals surface area contributed by atoms with Crippen molar-refractivity contribution in [2.75, 3.05) is 10.2 Å². The molecule has 3 amide bonds. The number of anilines is 2. The first-order chi connectivity index (χ1) is 14.0. The summed E-state index contributed by atoms with van der Waals surface area (Å²) in [5.74, 6) is -2.60. The fraction of sp³-hybridized carbons (Fsp3) is 0.273. The van der Waals surface area contributed by atoms with E-state index in [1.807, 2.05) is 0 Å². The summed E-state index contributed by atoms with van der Waals surface area (Å²) < 4.78 is 0. The van der Waals surface area contributed by atoms with Crippen LogP contribution in [0.2, 0.25) is 0 Å². The Hall–Kier alpha value is -3.48. The van der Waals surface area contributed by atoms with E-state index in [0.29, 0.717) is 16.9 Å². The monoisotopic (exact) mass is 391 g/mol. The van der Waals surface area contributed by atoms with Gasteiger partial charge in [0.15, 0.2) is 0 Å². The third-order valence-electron chi connectivity index (χ3n) is 5.59. The average Bonchev–Trinajstić information content (AvgIpc) is 2.99. The minimum absolute atomic E-state index is 0.0116. The van der Waals surface area contributed by atoms with Crippen LogP contribution in [0.25, 0.3) is 0 Å². The smallest absolute Gasteiger partial charge is 0.255 e. The van der Waals surface area contributed by atoms with Crippen LogP contribution in [-0.2, 0) is 9.59 Å². The molecule has 2 fully saturated rings. The van der Waals surface area contributed by atoms with Crippen molar-refractivity contribution in [2.45, 2.75) is 25.7 Å². The van der Waals surface area contributed by atoms with E-state index in [2.05, 4.69) is 5.32 Å². The van der Waals surface area contributed by atoms with E-state index in [0.717, 1.165) is 25.7 Å². The van der Waals surface area contributed by atoms with E-state index in [1.54, 1.807) is 18.2 Å². The minimum atomic E-state index is -1.30. The molecule has 148 valence electrons. The second-order valence-electron chi connectivity index (χ2n) is 7.38. The second kappa shape index (κ2) is 7.50. The van der Waals surface area contributed by atoms with Crippen molar-refractivity contribution in [2.24, 2.45) is 11.8 Å². The average molecular weight is 391 g/mol. The lowest BCUT2D eigenvalue weighted by Crippen LogP contribution is -2.31. The number of nitrogens with one attached hydrogen (secondary N) is 1. The van der Waals surface area contributed by atoms with Crippen LogP contribution < -0.4 is 15.3 Å². The molecular weight excluding hydrogens is 372 g/mol. The van der Waals surface area contributed by atoms with Gasteiger partial charge >= 0.3 is 0 Å². The lowest BCUT2D eigenvalue weighted by atomic mass is 9.81. The predicted molar refractivity (Wildman–Crippen MR) is 103 cm³/mol. The molecule has 7 nitrogen and oxygen atoms in total. The number of imide groups is 1. The van der Waals surface area contributed by atoms with Gasteiger partial charge in [-0.3, -0.25) is 19.3 Å². The minimum Gasteiger partial charge on any atom is -0.545 e. The molecule has 2 atom stereocenters. The maximum atomic E-state index is 12.8. The van der Waals surface area contributed by atoms with Gasteiger partial charge in [0.1, 0.15) is 0 Å². The predicted octanol–water partition coefficient (Wildman–Crippen LogP) is 1.98. The van der Waals surface area contributed by atoms with Crippen molar-refractivity contribution in [1.82, 2.24) is 0 Å². The standard InChI is InChI=1S/C22H20N2O5/c25-19(23-15-10-8-13(9-11-15)22(28)29)14-4-3-5-16(12-14)24-20(26)17-6-1-2-7-18(17)21(24)27/h3-5,8-12,17-18H,1-2,6-7H2,(H,23,25)(H,28,29)/p-1/t17-,18-/m0/s1. The number of aromatic carboxylic acids is 1. The van der Waals surface area contributed by atoms with Gasteiger partial charge in [-0.1, -0.05) is 31.0 Å². The number of fused-ring (bicyclic) bond motifs is 1. The topological polar surface area (TPSA) is 107 Å². The highest BCUT2D eigenvalue weighted by Gasteiger charge is 2.48. The number of carboxylic acids is 1. The summed E-state index contributed by atoms with van der Waals surface area (Å²) in [6.45, 7) is 0. The molecule has 1 heterocycles. The first-order valence-corrected chi connectivity index (χ1v) is 9.56. The molecule has 0 unspecified atom stereocenters. The van der Waals surface area contributed by atoms with Crippen LogP contribution >= 0.6 is 0 Å². The maximum absolute atomic E-state index is 12.8. The molecule has 2 aromatic carbocycles. The molecule has 0 radical (unpaired) electrons. The van der Waals surface area contributed by atoms with Crippen molar-refractivity contribution in [3.05, 3.63) is 59.7 Å². The number of carbonyl (C=O) groups is 4. The van der Waals surface area contributed by atoms with Crippen LogP contribution in [0.5, 0.6) is 0 Å². The number of rotatable bonds is 4. The molecule has 4 rings (SSSR count). The van der Waals surface area contributed by atoms with Crippen molar-refractivity contribution in [3.8, 4) is 0 Å². The zero-order chi connectivity index (χ0) is 20.5. The van der Waals surface area contributed by atoms with Gasteiger partial charge in [-0.25, -0.2) is 0 Å². The molecule has 1 aliphatic heterocycles. The third-order valence-corrected chi connectivity index (χ3v) is 5.59. The number of amides is 3. The Balaban J connectivity index is 1.54. The summed E-state index contributed by atoms with van der Waals surface area (Å²) in [6.07, 6.45) is 3.36. The lowest BCUT2D eigenvalue weighted by Gasteiger charge is -2.19. The molecule has 7 heteroatoms. The van der Waals surface area contributed by atoms with Crippen LogP contribution in [0.15, 0.2) is 48.5 Å². The zero-order valence-corrected chi connectivity index (χ0v) is 15.6. The molecule has 2 aromatic rings. The Labute approximate surface area is 167 Å². The number of benzene rings is 2. The third kappa shape index (κ3) is 3.51. The molecule has 0 spiro atoms. The van der Waals surface area contributed by atoms with Gasteiger partial charge in [0.05, 0.1) is 23.5 Å². The molecule has 29 heavy (non-hydrogen) atoms. The van der Waals surface area contributed by atoms with Gasteiger partial charge < -0.3 is 15.2 Å². The molecule has 0 aromatic heterocycles. The van der Waals surface area contributed by atoms with E-state index in [9.17, 15) is 24.3 Å². The summed E-state index contributed by atoms with van der Waals surface area (Å²) in [5, 5.41) is 13.5. The highest BCUT2D eigenvalue weighted by Crippen LogP contribution is 2.40. The van der Waals surface area contributed by atoms with Gasteiger partial charge in [0, 0.05) is 11.3 Å². The Bertz CT molecular complexity index is 975. The van der Waals surface area contributed by atoms with Crippen molar-refractivity contribution >= 4 is 35.1 Å². The highest BCUT2D eigenvalue weighted by molar-refractivity contribution is 6.22. The van der Waals surface area contributed by atoms with E-state index in [-0.39, 0.29) is 29.2 Å². The summed E-state index contributed by atoms with van der Waals surface area (Å²) in [5.41, 5.74) is 1.12. The fourth-order valence-corrected chi connectivity index (χ4v) is 4.10. The Morgan fingerprint density at radius 1 is 0.897 bits per heavy atom. The van der Waals surface area contributed by atoms with Gasteiger partial charge in [0.2, 0.25) is 11.8 Å². The Kier molecular flexibility index (Phi) is 4.88. The molecule has 1 N–H and O–H groups in total. The van der Waals surface area contributed by atoms with Crippen LogP contribution in [0.1, 0.15) is 46.4 Å². The molecule has 1 aliphatic carbocycles. The zero-order valence-electron chi connectivity index (χ0n) is 15.6. The Morgan fingerprint density at radius 3 is 2.10 bits per heavy atom. The van der Waals surface area contributed by atoms with E-state index in [1.165, 1.54) is 35.2 Å². The highest BCUT2D eigenvalue weighted by atomic mass is 16.4. The molecule has 2 aliphatic rings. The number of hydrogen-bond acceptors (Lipinski definition) is 5. The maximum Gasteiger partial charge on any atom is 0.255 e. The summed E-state index contributed by atoms with van der Waals surface area (Å²) >= 11 is 0. The first-order valence-electron chi connectivity index (χ1n) is 9.56. The number of hydrogen-bond donors (Lipinski definition) is 1. The quantitative estimate of drug-likeness (QED) is 0.802. The van der Waals surface area contributed by atoms with Crippen molar-refractivity contribution in [1.29, 1.82) is 0 Å². The number of carbonyl (C=O) groups excluding carboxylic acids is 4. The number of nitrogens with zero attached hydrogens (tertiary/aromatic N) is 1. The number of carboxylic acid groups (broad SMARTS) is 1. The van der Waals surface area contributed by atoms with Crippen molar-refractivity contribution in [3.63, 3.8) is 0 Å². The van der Waals surface area contributed by atoms with E-state index < -0.39 is 11.9 Å². The molecule has 1 saturated carbocycles. The van der Waals surface area contributed by atoms with Gasteiger partial charge in [0.25, 0.3) is 5.91 Å². The molecular formula is C22H19N2O5-. The fourth-order valence-electron chi connectivity index (χ4n) is 4.10. The largest absolute Gasteiger partial charge is 0.545 e. The summed E-state index contributed by atoms with van der Waals surface area (Å²) in [6, 6.07) is 12.0. The van der Waals surface area contributed by atoms with Gasteiger partial charge in [-0.15, -0.1) is 0 Å². The van der Waals surface area contributed by atoms with Gasteiger partial charge in [-0.2, -0.15) is 0 Å². The van der Waals surface area contributed by atoms with E-state index in [4.69, 9.17) is 0 Å². The summed E-state index contributed by atoms with van der Waals surface area (Å²) in [4.78, 5) is 50.1. The Morgan fingerprint density at radius 2 is 1.52 bits per heavy atom. The van der Waals surface area contributed by atoms with E-state index >= 15 is 0 Å². The van der Waals surface area contributed by atoms with Crippen molar-refractivity contribution < 1.29 is 24.3 Å². The normalized spacial score (nSPS) is 21.0. The lowest BCUT2D eigenvalue weighted by molar-refractivity contribution is -0.255. The van der Waals surface area contributed by atoms with Crippen LogP contribution in [0, 0.1) is 11.8 Å². The molecule has 0 bridgehead atoms.